The number of aliphatic hydroxyl groups is 1. The molecule has 0 spiro atoms. The standard InChI is InChI=1S/C15H19NO3/c1-10-9-12(17)13(14(18)19-15(2,3)4)16-8-6-5-7-11(10)16/h5-8,10H,9H2,1-4H3/p+1. The molecule has 2 heterocycles. The average Bonchev–Trinajstić information content (AvgIpc) is 2.26. The summed E-state index contributed by atoms with van der Waals surface area (Å²) in [5, 5.41) is 10.1. The van der Waals surface area contributed by atoms with Crippen molar-refractivity contribution in [3.8, 4) is 0 Å². The lowest BCUT2D eigenvalue weighted by Gasteiger charge is -2.22. The molecule has 1 atom stereocenters. The Kier molecular flexibility index (Phi) is 3.35. The zero-order valence-electron chi connectivity index (χ0n) is 11.8. The van der Waals surface area contributed by atoms with E-state index in [9.17, 15) is 9.90 Å². The van der Waals surface area contributed by atoms with Crippen molar-refractivity contribution >= 4 is 11.7 Å². The first kappa shape index (κ1) is 13.6. The second kappa shape index (κ2) is 4.68. The van der Waals surface area contributed by atoms with Gasteiger partial charge in [0.05, 0.1) is 0 Å². The van der Waals surface area contributed by atoms with E-state index in [4.69, 9.17) is 4.74 Å². The van der Waals surface area contributed by atoms with Gasteiger partial charge in [-0.15, -0.1) is 0 Å². The average molecular weight is 262 g/mol. The molecule has 0 amide bonds. The Morgan fingerprint density at radius 3 is 2.74 bits per heavy atom. The van der Waals surface area contributed by atoms with E-state index in [-0.39, 0.29) is 17.4 Å². The second-order valence-electron chi connectivity index (χ2n) is 5.90. The number of esters is 1. The molecule has 4 heteroatoms. The molecule has 1 unspecified atom stereocenters. The summed E-state index contributed by atoms with van der Waals surface area (Å²) in [4.78, 5) is 12.2. The molecule has 1 N–H and O–H groups in total. The van der Waals surface area contributed by atoms with Gasteiger partial charge in [0.1, 0.15) is 5.60 Å². The maximum atomic E-state index is 12.2. The summed E-state index contributed by atoms with van der Waals surface area (Å²) in [6.45, 7) is 7.45. The van der Waals surface area contributed by atoms with Crippen LogP contribution in [0, 0.1) is 0 Å². The number of carbonyl (C=O) groups excluding carboxylic acids is 1. The highest BCUT2D eigenvalue weighted by atomic mass is 16.6. The molecule has 0 saturated carbocycles. The van der Waals surface area contributed by atoms with Crippen LogP contribution in [-0.2, 0) is 9.53 Å². The number of hydrogen-bond donors (Lipinski definition) is 1. The van der Waals surface area contributed by atoms with Gasteiger partial charge in [0.2, 0.25) is 0 Å². The Morgan fingerprint density at radius 1 is 1.42 bits per heavy atom. The maximum absolute atomic E-state index is 12.2. The van der Waals surface area contributed by atoms with E-state index in [1.807, 2.05) is 45.9 Å². The summed E-state index contributed by atoms with van der Waals surface area (Å²) in [6, 6.07) is 5.72. The highest BCUT2D eigenvalue weighted by Crippen LogP contribution is 2.27. The van der Waals surface area contributed by atoms with Crippen molar-refractivity contribution in [3.05, 3.63) is 35.8 Å². The molecule has 0 radical (unpaired) electrons. The highest BCUT2D eigenvalue weighted by molar-refractivity contribution is 6.07. The molecule has 0 aromatic carbocycles. The molecule has 1 aromatic rings. The monoisotopic (exact) mass is 262 g/mol. The fourth-order valence-corrected chi connectivity index (χ4v) is 2.23. The van der Waals surface area contributed by atoms with E-state index >= 15 is 0 Å². The third-order valence-electron chi connectivity index (χ3n) is 3.00. The number of hydrogen-bond acceptors (Lipinski definition) is 3. The molecule has 19 heavy (non-hydrogen) atoms. The van der Waals surface area contributed by atoms with Gasteiger partial charge in [0, 0.05) is 24.5 Å². The van der Waals surface area contributed by atoms with Gasteiger partial charge < -0.3 is 9.84 Å². The van der Waals surface area contributed by atoms with Crippen molar-refractivity contribution < 1.29 is 19.2 Å². The van der Waals surface area contributed by atoms with Gasteiger partial charge in [-0.3, -0.25) is 0 Å². The lowest BCUT2D eigenvalue weighted by Crippen LogP contribution is -2.46. The summed E-state index contributed by atoms with van der Waals surface area (Å²) in [7, 11) is 0. The zero-order chi connectivity index (χ0) is 14.2. The van der Waals surface area contributed by atoms with Crippen molar-refractivity contribution in [2.75, 3.05) is 0 Å². The number of aromatic nitrogens is 1. The fraction of sp³-hybridized carbons (Fsp3) is 0.467. The molecular formula is C15H20NO3+. The van der Waals surface area contributed by atoms with E-state index in [0.717, 1.165) is 5.69 Å². The van der Waals surface area contributed by atoms with E-state index in [1.54, 1.807) is 10.8 Å². The molecule has 2 rings (SSSR count). The third-order valence-corrected chi connectivity index (χ3v) is 3.00. The molecule has 1 aliphatic heterocycles. The molecule has 4 nitrogen and oxygen atoms in total. The van der Waals surface area contributed by atoms with Crippen LogP contribution in [0.15, 0.2) is 30.2 Å². The van der Waals surface area contributed by atoms with Crippen LogP contribution >= 0.6 is 0 Å². The largest absolute Gasteiger partial charge is 0.506 e. The van der Waals surface area contributed by atoms with Crippen LogP contribution in [0.25, 0.3) is 5.70 Å². The Bertz CT molecular complexity index is 541. The summed E-state index contributed by atoms with van der Waals surface area (Å²) >= 11 is 0. The van der Waals surface area contributed by atoms with E-state index in [0.29, 0.717) is 6.42 Å². The number of fused-ring (bicyclic) bond motifs is 1. The number of pyridine rings is 1. The number of ether oxygens (including phenoxy) is 1. The van der Waals surface area contributed by atoms with Crippen LogP contribution in [-0.4, -0.2) is 16.7 Å². The van der Waals surface area contributed by atoms with Gasteiger partial charge in [0.15, 0.2) is 17.6 Å². The summed E-state index contributed by atoms with van der Waals surface area (Å²) in [5.41, 5.74) is 0.646. The number of aliphatic hydroxyl groups excluding tert-OH is 1. The Morgan fingerprint density at radius 2 is 2.11 bits per heavy atom. The van der Waals surface area contributed by atoms with Crippen LogP contribution < -0.4 is 4.57 Å². The predicted molar refractivity (Wildman–Crippen MR) is 71.4 cm³/mol. The first-order valence-corrected chi connectivity index (χ1v) is 6.46. The molecule has 1 aliphatic rings. The zero-order valence-corrected chi connectivity index (χ0v) is 11.8. The van der Waals surface area contributed by atoms with Gasteiger partial charge in [0.25, 0.3) is 0 Å². The van der Waals surface area contributed by atoms with Crippen molar-refractivity contribution in [2.45, 2.75) is 45.6 Å². The molecule has 102 valence electrons. The maximum Gasteiger partial charge on any atom is 0.408 e. The number of allylic oxidation sites excluding steroid dienone is 1. The Labute approximate surface area is 113 Å². The van der Waals surface area contributed by atoms with Gasteiger partial charge in [-0.05, 0) is 20.8 Å². The first-order valence-electron chi connectivity index (χ1n) is 6.46. The smallest absolute Gasteiger partial charge is 0.408 e. The predicted octanol–water partition coefficient (Wildman–Crippen LogP) is 2.55. The quantitative estimate of drug-likeness (QED) is 0.625. The van der Waals surface area contributed by atoms with Crippen LogP contribution in [0.5, 0.6) is 0 Å². The van der Waals surface area contributed by atoms with Crippen molar-refractivity contribution in [1.82, 2.24) is 0 Å². The number of nitrogens with zero attached hydrogens (tertiary/aromatic N) is 1. The van der Waals surface area contributed by atoms with E-state index in [2.05, 4.69) is 0 Å². The van der Waals surface area contributed by atoms with Gasteiger partial charge in [-0.1, -0.05) is 13.0 Å². The summed E-state index contributed by atoms with van der Waals surface area (Å²) < 4.78 is 7.08. The van der Waals surface area contributed by atoms with E-state index < -0.39 is 11.6 Å². The highest BCUT2D eigenvalue weighted by Gasteiger charge is 2.38. The molecular weight excluding hydrogens is 242 g/mol. The topological polar surface area (TPSA) is 50.4 Å². The fourth-order valence-electron chi connectivity index (χ4n) is 2.23. The minimum Gasteiger partial charge on any atom is -0.506 e. The van der Waals surface area contributed by atoms with E-state index in [1.165, 1.54) is 0 Å². The van der Waals surface area contributed by atoms with Crippen LogP contribution in [0.3, 0.4) is 0 Å². The van der Waals surface area contributed by atoms with Crippen LogP contribution in [0.2, 0.25) is 0 Å². The molecule has 0 fully saturated rings. The van der Waals surface area contributed by atoms with Crippen molar-refractivity contribution in [2.24, 2.45) is 0 Å². The van der Waals surface area contributed by atoms with Crippen molar-refractivity contribution in [3.63, 3.8) is 0 Å². The van der Waals surface area contributed by atoms with Gasteiger partial charge in [-0.25, -0.2) is 4.79 Å². The molecule has 0 bridgehead atoms. The lowest BCUT2D eigenvalue weighted by atomic mass is 9.96. The lowest BCUT2D eigenvalue weighted by molar-refractivity contribution is -0.593. The van der Waals surface area contributed by atoms with Crippen LogP contribution in [0.4, 0.5) is 0 Å². The summed E-state index contributed by atoms with van der Waals surface area (Å²) in [6.07, 6.45) is 2.24. The second-order valence-corrected chi connectivity index (χ2v) is 5.90. The molecule has 1 aromatic heterocycles. The number of rotatable bonds is 1. The SMILES string of the molecule is CC1CC(O)=C(C(=O)OC(C)(C)C)[n+]2ccccc21. The summed E-state index contributed by atoms with van der Waals surface area (Å²) in [5.74, 6) is -0.229. The molecule has 0 aliphatic carbocycles. The minimum atomic E-state index is -0.580. The first-order chi connectivity index (χ1) is 8.79. The van der Waals surface area contributed by atoms with Crippen molar-refractivity contribution in [1.29, 1.82) is 0 Å². The normalized spacial score (nSPS) is 19.1. The van der Waals surface area contributed by atoms with Crippen LogP contribution in [0.1, 0.15) is 45.7 Å². The third kappa shape index (κ3) is 2.78. The molecule has 0 saturated heterocycles. The van der Waals surface area contributed by atoms with Gasteiger partial charge >= 0.3 is 11.7 Å². The minimum absolute atomic E-state index is 0.0884. The van der Waals surface area contributed by atoms with Gasteiger partial charge in [-0.2, -0.15) is 4.57 Å². The number of carbonyl (C=O) groups is 1. The Hall–Kier alpha value is -1.84. The Balaban J connectivity index is 2.44.